The predicted octanol–water partition coefficient (Wildman–Crippen LogP) is 2.75. The maximum atomic E-state index is 12.5. The van der Waals surface area contributed by atoms with Crippen LogP contribution in [0.1, 0.15) is 31.1 Å². The third-order valence-corrected chi connectivity index (χ3v) is 4.08. The fourth-order valence-corrected chi connectivity index (χ4v) is 2.64. The van der Waals surface area contributed by atoms with E-state index >= 15 is 0 Å². The summed E-state index contributed by atoms with van der Waals surface area (Å²) in [6.45, 7) is 8.19. The molecule has 2 atom stereocenters. The number of hydrogen-bond acceptors (Lipinski definition) is 4. The van der Waals surface area contributed by atoms with Gasteiger partial charge in [0, 0.05) is 31.3 Å². The molecule has 0 bridgehead atoms. The van der Waals surface area contributed by atoms with Crippen LogP contribution in [0.15, 0.2) is 18.2 Å². The Morgan fingerprint density at radius 1 is 1.38 bits per heavy atom. The molecule has 2 unspecified atom stereocenters. The highest BCUT2D eigenvalue weighted by atomic mass is 16.6. The number of carbonyl (C=O) groups is 1. The van der Waals surface area contributed by atoms with Crippen LogP contribution in [0, 0.1) is 22.0 Å². The second-order valence-corrected chi connectivity index (χ2v) is 5.68. The Hall–Kier alpha value is -2.11. The SMILES string of the molecule is CCNc1cc(C(=O)N2CC(C)C(C)C2)ccc1[N+](=O)[O-]. The van der Waals surface area contributed by atoms with E-state index < -0.39 is 4.92 Å². The van der Waals surface area contributed by atoms with Crippen LogP contribution < -0.4 is 5.32 Å². The molecular weight excluding hydrogens is 270 g/mol. The van der Waals surface area contributed by atoms with Gasteiger partial charge in [-0.2, -0.15) is 0 Å². The minimum absolute atomic E-state index is 0.00319. The summed E-state index contributed by atoms with van der Waals surface area (Å²) < 4.78 is 0. The molecule has 0 aliphatic carbocycles. The third kappa shape index (κ3) is 3.15. The number of nitro benzene ring substituents is 1. The van der Waals surface area contributed by atoms with Crippen molar-refractivity contribution in [3.8, 4) is 0 Å². The molecule has 6 nitrogen and oxygen atoms in total. The monoisotopic (exact) mass is 291 g/mol. The van der Waals surface area contributed by atoms with E-state index in [2.05, 4.69) is 19.2 Å². The van der Waals surface area contributed by atoms with Crippen molar-refractivity contribution in [1.82, 2.24) is 4.90 Å². The van der Waals surface area contributed by atoms with Gasteiger partial charge in [0.05, 0.1) is 4.92 Å². The first-order chi connectivity index (χ1) is 9.93. The van der Waals surface area contributed by atoms with E-state index in [0.29, 0.717) is 29.6 Å². The van der Waals surface area contributed by atoms with E-state index in [9.17, 15) is 14.9 Å². The third-order valence-electron chi connectivity index (χ3n) is 4.08. The Bertz CT molecular complexity index is 549. The lowest BCUT2D eigenvalue weighted by Crippen LogP contribution is -2.28. The summed E-state index contributed by atoms with van der Waals surface area (Å²) in [6.07, 6.45) is 0. The Kier molecular flexibility index (Phi) is 4.45. The van der Waals surface area contributed by atoms with Gasteiger partial charge in [-0.05, 0) is 30.9 Å². The van der Waals surface area contributed by atoms with Crippen LogP contribution in [0.25, 0.3) is 0 Å². The Labute approximate surface area is 124 Å². The number of amides is 1. The van der Waals surface area contributed by atoms with Gasteiger partial charge >= 0.3 is 0 Å². The van der Waals surface area contributed by atoms with Crippen molar-refractivity contribution in [3.05, 3.63) is 33.9 Å². The van der Waals surface area contributed by atoms with Gasteiger partial charge in [-0.1, -0.05) is 13.8 Å². The highest BCUT2D eigenvalue weighted by molar-refractivity contribution is 5.96. The van der Waals surface area contributed by atoms with E-state index in [0.717, 1.165) is 13.1 Å². The zero-order chi connectivity index (χ0) is 15.6. The number of nitro groups is 1. The van der Waals surface area contributed by atoms with Crippen LogP contribution >= 0.6 is 0 Å². The summed E-state index contributed by atoms with van der Waals surface area (Å²) in [7, 11) is 0. The first-order valence-electron chi connectivity index (χ1n) is 7.25. The fraction of sp³-hybridized carbons (Fsp3) is 0.533. The molecule has 1 fully saturated rings. The average molecular weight is 291 g/mol. The van der Waals surface area contributed by atoms with Crippen LogP contribution in [0.2, 0.25) is 0 Å². The number of likely N-dealkylation sites (tertiary alicyclic amines) is 1. The van der Waals surface area contributed by atoms with Crippen LogP contribution in [-0.2, 0) is 0 Å². The summed E-state index contributed by atoms with van der Waals surface area (Å²) in [6, 6.07) is 4.51. The number of anilines is 1. The summed E-state index contributed by atoms with van der Waals surface area (Å²) in [5.41, 5.74) is 0.892. The van der Waals surface area contributed by atoms with E-state index in [1.54, 1.807) is 6.07 Å². The van der Waals surface area contributed by atoms with Crippen molar-refractivity contribution in [3.63, 3.8) is 0 Å². The molecule has 1 aromatic carbocycles. The standard InChI is InChI=1S/C15H21N3O3/c1-4-16-13-7-12(5-6-14(13)18(20)21)15(19)17-8-10(2)11(3)9-17/h5-7,10-11,16H,4,8-9H2,1-3H3. The molecule has 0 saturated carbocycles. The molecule has 1 aliphatic heterocycles. The van der Waals surface area contributed by atoms with Gasteiger partial charge in [0.15, 0.2) is 0 Å². The average Bonchev–Trinajstić information content (AvgIpc) is 2.78. The number of rotatable bonds is 4. The molecule has 1 amide bonds. The van der Waals surface area contributed by atoms with E-state index in [1.807, 2.05) is 11.8 Å². The lowest BCUT2D eigenvalue weighted by Gasteiger charge is -2.16. The molecule has 114 valence electrons. The molecule has 1 aliphatic rings. The molecule has 0 radical (unpaired) electrons. The zero-order valence-electron chi connectivity index (χ0n) is 12.6. The molecule has 0 spiro atoms. The second-order valence-electron chi connectivity index (χ2n) is 5.68. The van der Waals surface area contributed by atoms with E-state index in [4.69, 9.17) is 0 Å². The molecule has 1 N–H and O–H groups in total. The number of hydrogen-bond donors (Lipinski definition) is 1. The van der Waals surface area contributed by atoms with Gasteiger partial charge in [-0.3, -0.25) is 14.9 Å². The van der Waals surface area contributed by atoms with Crippen molar-refractivity contribution >= 4 is 17.3 Å². The van der Waals surface area contributed by atoms with Crippen molar-refractivity contribution < 1.29 is 9.72 Å². The first-order valence-corrected chi connectivity index (χ1v) is 7.25. The molecule has 1 saturated heterocycles. The number of nitrogens with one attached hydrogen (secondary N) is 1. The minimum Gasteiger partial charge on any atom is -0.380 e. The lowest BCUT2D eigenvalue weighted by atomic mass is 10.0. The Morgan fingerprint density at radius 3 is 2.52 bits per heavy atom. The normalized spacial score (nSPS) is 21.4. The zero-order valence-corrected chi connectivity index (χ0v) is 12.6. The Morgan fingerprint density at radius 2 is 2.00 bits per heavy atom. The number of benzene rings is 1. The van der Waals surface area contributed by atoms with Crippen LogP contribution in [0.5, 0.6) is 0 Å². The smallest absolute Gasteiger partial charge is 0.292 e. The van der Waals surface area contributed by atoms with Crippen molar-refractivity contribution in [1.29, 1.82) is 0 Å². The van der Waals surface area contributed by atoms with Gasteiger partial charge in [-0.15, -0.1) is 0 Å². The summed E-state index contributed by atoms with van der Waals surface area (Å²) in [5, 5.41) is 13.9. The van der Waals surface area contributed by atoms with Crippen molar-refractivity contribution in [2.24, 2.45) is 11.8 Å². The maximum Gasteiger partial charge on any atom is 0.292 e. The van der Waals surface area contributed by atoms with Crippen molar-refractivity contribution in [2.75, 3.05) is 25.0 Å². The van der Waals surface area contributed by atoms with Gasteiger partial charge in [0.25, 0.3) is 11.6 Å². The van der Waals surface area contributed by atoms with Crippen LogP contribution in [0.3, 0.4) is 0 Å². The highest BCUT2D eigenvalue weighted by Crippen LogP contribution is 2.28. The fourth-order valence-electron chi connectivity index (χ4n) is 2.64. The summed E-state index contributed by atoms with van der Waals surface area (Å²) >= 11 is 0. The van der Waals surface area contributed by atoms with Crippen molar-refractivity contribution in [2.45, 2.75) is 20.8 Å². The highest BCUT2D eigenvalue weighted by Gasteiger charge is 2.30. The van der Waals surface area contributed by atoms with Crippen LogP contribution in [-0.4, -0.2) is 35.4 Å². The van der Waals surface area contributed by atoms with Gasteiger partial charge in [-0.25, -0.2) is 0 Å². The largest absolute Gasteiger partial charge is 0.380 e. The molecule has 6 heteroatoms. The first kappa shape index (κ1) is 15.3. The Balaban J connectivity index is 2.26. The number of carbonyl (C=O) groups excluding carboxylic acids is 1. The van der Waals surface area contributed by atoms with Gasteiger partial charge < -0.3 is 10.2 Å². The molecular formula is C15H21N3O3. The maximum absolute atomic E-state index is 12.5. The summed E-state index contributed by atoms with van der Waals surface area (Å²) in [5.74, 6) is 0.917. The minimum atomic E-state index is -0.438. The topological polar surface area (TPSA) is 75.5 Å². The quantitative estimate of drug-likeness (QED) is 0.683. The second kappa shape index (κ2) is 6.11. The van der Waals surface area contributed by atoms with Gasteiger partial charge in [0.1, 0.15) is 5.69 Å². The molecule has 1 heterocycles. The summed E-state index contributed by atoms with van der Waals surface area (Å²) in [4.78, 5) is 24.9. The molecule has 21 heavy (non-hydrogen) atoms. The van der Waals surface area contributed by atoms with Crippen LogP contribution in [0.4, 0.5) is 11.4 Å². The molecule has 0 aromatic heterocycles. The van der Waals surface area contributed by atoms with E-state index in [-0.39, 0.29) is 11.6 Å². The molecule has 1 aromatic rings. The molecule has 2 rings (SSSR count). The predicted molar refractivity (Wildman–Crippen MR) is 81.5 cm³/mol. The van der Waals surface area contributed by atoms with Gasteiger partial charge in [0.2, 0.25) is 0 Å². The number of nitrogens with zero attached hydrogens (tertiary/aromatic N) is 2. The lowest BCUT2D eigenvalue weighted by molar-refractivity contribution is -0.384. The van der Waals surface area contributed by atoms with E-state index in [1.165, 1.54) is 12.1 Å².